The summed E-state index contributed by atoms with van der Waals surface area (Å²) in [6.07, 6.45) is 0. The molecule has 1 heterocycles. The number of anilines is 1. The molecule has 0 radical (unpaired) electrons. The summed E-state index contributed by atoms with van der Waals surface area (Å²) in [7, 11) is 0.975. The Morgan fingerprint density at radius 2 is 1.63 bits per heavy atom. The van der Waals surface area contributed by atoms with Crippen molar-refractivity contribution in [2.45, 2.75) is 10.8 Å². The zero-order valence-electron chi connectivity index (χ0n) is 16.8. The summed E-state index contributed by atoms with van der Waals surface area (Å²) in [4.78, 5) is 12.6. The van der Waals surface area contributed by atoms with Crippen molar-refractivity contribution in [2.75, 3.05) is 25.6 Å². The molecule has 0 aliphatic heterocycles. The number of methoxy groups -OCH3 is 2. The molecule has 2 aromatic carbocycles. The first-order valence-electron chi connectivity index (χ1n) is 8.99. The van der Waals surface area contributed by atoms with Crippen LogP contribution in [0, 0.1) is 0 Å². The van der Waals surface area contributed by atoms with Crippen LogP contribution in [0.4, 0.5) is 5.69 Å². The zero-order valence-corrected chi connectivity index (χ0v) is 18.4. The van der Waals surface area contributed by atoms with Crippen LogP contribution in [0.1, 0.15) is 15.9 Å². The molecule has 0 atom stereocenters. The number of sulfonamides is 1. The summed E-state index contributed by atoms with van der Waals surface area (Å²) >= 11 is 1.16. The van der Waals surface area contributed by atoms with Gasteiger partial charge in [0.25, 0.3) is 15.9 Å². The highest BCUT2D eigenvalue weighted by Gasteiger charge is 2.22. The van der Waals surface area contributed by atoms with Crippen molar-refractivity contribution in [3.05, 3.63) is 71.1 Å². The van der Waals surface area contributed by atoms with Gasteiger partial charge in [-0.3, -0.25) is 9.10 Å². The van der Waals surface area contributed by atoms with Gasteiger partial charge in [-0.05, 0) is 47.8 Å². The van der Waals surface area contributed by atoms with E-state index in [9.17, 15) is 13.2 Å². The van der Waals surface area contributed by atoms with Gasteiger partial charge in [0.1, 0.15) is 15.7 Å². The predicted octanol–water partition coefficient (Wildman–Crippen LogP) is 3.52. The summed E-state index contributed by atoms with van der Waals surface area (Å²) in [6, 6.07) is 15.0. The molecule has 7 nitrogen and oxygen atoms in total. The van der Waals surface area contributed by atoms with E-state index in [4.69, 9.17) is 9.47 Å². The first kappa shape index (κ1) is 21.7. The highest BCUT2D eigenvalue weighted by molar-refractivity contribution is 7.94. The predicted molar refractivity (Wildman–Crippen MR) is 117 cm³/mol. The molecule has 0 fully saturated rings. The van der Waals surface area contributed by atoms with Gasteiger partial charge in [0.2, 0.25) is 0 Å². The van der Waals surface area contributed by atoms with Crippen LogP contribution in [-0.4, -0.2) is 35.6 Å². The average Bonchev–Trinajstić information content (AvgIpc) is 3.32. The highest BCUT2D eigenvalue weighted by atomic mass is 32.2. The molecule has 0 saturated carbocycles. The van der Waals surface area contributed by atoms with Crippen molar-refractivity contribution >= 4 is 33.0 Å². The molecule has 30 heavy (non-hydrogen) atoms. The molecule has 0 spiro atoms. The normalized spacial score (nSPS) is 11.0. The summed E-state index contributed by atoms with van der Waals surface area (Å²) in [5.41, 5.74) is 1.61. The van der Waals surface area contributed by atoms with E-state index in [0.29, 0.717) is 22.7 Å². The molecule has 3 rings (SSSR count). The van der Waals surface area contributed by atoms with Gasteiger partial charge in [-0.25, -0.2) is 8.42 Å². The Morgan fingerprint density at radius 1 is 1.00 bits per heavy atom. The lowest BCUT2D eigenvalue weighted by Gasteiger charge is -2.18. The Labute approximate surface area is 179 Å². The lowest BCUT2D eigenvalue weighted by molar-refractivity contribution is 0.0950. The minimum absolute atomic E-state index is 0.223. The molecule has 1 amide bonds. The van der Waals surface area contributed by atoms with Crippen LogP contribution in [0.15, 0.2) is 64.2 Å². The fourth-order valence-electron chi connectivity index (χ4n) is 2.88. The Morgan fingerprint density at radius 3 is 2.17 bits per heavy atom. The summed E-state index contributed by atoms with van der Waals surface area (Å²) in [5, 5.41) is 4.55. The van der Waals surface area contributed by atoms with Gasteiger partial charge in [-0.1, -0.05) is 12.1 Å². The number of thiophene rings is 1. The van der Waals surface area contributed by atoms with Crippen molar-refractivity contribution in [3.8, 4) is 11.5 Å². The molecule has 0 unspecified atom stereocenters. The Hall–Kier alpha value is -3.04. The average molecular weight is 447 g/mol. The topological polar surface area (TPSA) is 84.9 Å². The smallest absolute Gasteiger partial charge is 0.273 e. The van der Waals surface area contributed by atoms with E-state index in [0.717, 1.165) is 16.9 Å². The zero-order chi connectivity index (χ0) is 21.7. The molecular formula is C21H22N2O5S2. The first-order chi connectivity index (χ1) is 14.4. The van der Waals surface area contributed by atoms with Crippen LogP contribution in [0.2, 0.25) is 0 Å². The summed E-state index contributed by atoms with van der Waals surface area (Å²) < 4.78 is 37.4. The monoisotopic (exact) mass is 446 g/mol. The number of amides is 1. The summed E-state index contributed by atoms with van der Waals surface area (Å²) in [5.74, 6) is 0.939. The Kier molecular flexibility index (Phi) is 6.63. The van der Waals surface area contributed by atoms with E-state index >= 15 is 0 Å². The van der Waals surface area contributed by atoms with Crippen LogP contribution in [0.25, 0.3) is 0 Å². The van der Waals surface area contributed by atoms with Gasteiger partial charge in [-0.2, -0.15) is 0 Å². The molecule has 0 aliphatic rings. The molecular weight excluding hydrogens is 424 g/mol. The number of nitrogens with zero attached hydrogens (tertiary/aromatic N) is 1. The van der Waals surface area contributed by atoms with Gasteiger partial charge < -0.3 is 14.8 Å². The van der Waals surface area contributed by atoms with Gasteiger partial charge in [0, 0.05) is 12.6 Å². The van der Waals surface area contributed by atoms with E-state index in [1.54, 1.807) is 68.1 Å². The fraction of sp³-hybridized carbons (Fsp3) is 0.190. The third-order valence-corrected chi connectivity index (χ3v) is 7.72. The summed E-state index contributed by atoms with van der Waals surface area (Å²) in [6.45, 7) is 0.223. The van der Waals surface area contributed by atoms with E-state index < -0.39 is 10.0 Å². The minimum Gasteiger partial charge on any atom is -0.496 e. The Balaban J connectivity index is 1.72. The number of ether oxygens (including phenoxy) is 2. The maximum Gasteiger partial charge on any atom is 0.273 e. The lowest BCUT2D eigenvalue weighted by Crippen LogP contribution is -2.26. The SMILES string of the molecule is COc1cccc(OC)c1CNC(=O)c1ccc(N(C)S(=O)(=O)c2cccs2)cc1. The molecule has 1 N–H and O–H groups in total. The van der Waals surface area contributed by atoms with E-state index in [1.807, 2.05) is 6.07 Å². The third kappa shape index (κ3) is 4.42. The lowest BCUT2D eigenvalue weighted by atomic mass is 10.1. The number of carbonyl (C=O) groups excluding carboxylic acids is 1. The molecule has 158 valence electrons. The number of hydrogen-bond acceptors (Lipinski definition) is 6. The second-order valence-electron chi connectivity index (χ2n) is 6.28. The highest BCUT2D eigenvalue weighted by Crippen LogP contribution is 2.28. The molecule has 1 aromatic heterocycles. The Bertz CT molecular complexity index is 1090. The third-order valence-electron chi connectivity index (χ3n) is 4.56. The quantitative estimate of drug-likeness (QED) is 0.572. The van der Waals surface area contributed by atoms with Crippen molar-refractivity contribution < 1.29 is 22.7 Å². The number of hydrogen-bond donors (Lipinski definition) is 1. The van der Waals surface area contributed by atoms with Crippen molar-refractivity contribution in [1.29, 1.82) is 0 Å². The first-order valence-corrected chi connectivity index (χ1v) is 11.3. The van der Waals surface area contributed by atoms with Gasteiger partial charge >= 0.3 is 0 Å². The van der Waals surface area contributed by atoms with Crippen LogP contribution in [-0.2, 0) is 16.6 Å². The van der Waals surface area contributed by atoms with Gasteiger partial charge in [-0.15, -0.1) is 11.3 Å². The van der Waals surface area contributed by atoms with E-state index in [1.165, 1.54) is 11.4 Å². The van der Waals surface area contributed by atoms with Crippen LogP contribution >= 0.6 is 11.3 Å². The second kappa shape index (κ2) is 9.19. The fourth-order valence-corrected chi connectivity index (χ4v) is 5.24. The van der Waals surface area contributed by atoms with Crippen LogP contribution in [0.5, 0.6) is 11.5 Å². The number of carbonyl (C=O) groups is 1. The van der Waals surface area contributed by atoms with E-state index in [2.05, 4.69) is 5.32 Å². The standard InChI is InChI=1S/C21H22N2O5S2/c1-23(30(25,26)20-8-5-13-29-20)16-11-9-15(10-12-16)21(24)22-14-17-18(27-2)6-4-7-19(17)28-3/h4-13H,14H2,1-3H3,(H,22,24). The van der Waals surface area contributed by atoms with Gasteiger partial charge in [0.15, 0.2) is 0 Å². The van der Waals surface area contributed by atoms with Crippen LogP contribution < -0.4 is 19.1 Å². The van der Waals surface area contributed by atoms with Gasteiger partial charge in [0.05, 0.1) is 32.0 Å². The van der Waals surface area contributed by atoms with Crippen molar-refractivity contribution in [3.63, 3.8) is 0 Å². The van der Waals surface area contributed by atoms with Crippen LogP contribution in [0.3, 0.4) is 0 Å². The largest absolute Gasteiger partial charge is 0.496 e. The number of nitrogens with one attached hydrogen (secondary N) is 1. The number of rotatable bonds is 8. The second-order valence-corrected chi connectivity index (χ2v) is 9.42. The number of benzene rings is 2. The maximum absolute atomic E-state index is 12.6. The molecule has 0 bridgehead atoms. The molecule has 0 saturated heterocycles. The molecule has 0 aliphatic carbocycles. The van der Waals surface area contributed by atoms with E-state index in [-0.39, 0.29) is 16.7 Å². The minimum atomic E-state index is -3.62. The van der Waals surface area contributed by atoms with Crippen molar-refractivity contribution in [2.24, 2.45) is 0 Å². The molecule has 9 heteroatoms. The maximum atomic E-state index is 12.6. The molecule has 3 aromatic rings. The van der Waals surface area contributed by atoms with Crippen molar-refractivity contribution in [1.82, 2.24) is 5.32 Å².